The Balaban J connectivity index is 1.56. The molecule has 0 unspecified atom stereocenters. The first-order valence-electron chi connectivity index (χ1n) is 7.68. The topological polar surface area (TPSA) is 81.4 Å². The molecular weight excluding hydrogens is 359 g/mol. The van der Waals surface area contributed by atoms with Crippen LogP contribution in [0.15, 0.2) is 40.1 Å². The van der Waals surface area contributed by atoms with Gasteiger partial charge in [-0.2, -0.15) is 0 Å². The number of furan rings is 1. The highest BCUT2D eigenvalue weighted by molar-refractivity contribution is 7.14. The monoisotopic (exact) mass is 374 g/mol. The zero-order valence-corrected chi connectivity index (χ0v) is 14.9. The van der Waals surface area contributed by atoms with Crippen LogP contribution in [0.2, 0.25) is 0 Å². The van der Waals surface area contributed by atoms with Gasteiger partial charge in [-0.1, -0.05) is 0 Å². The maximum atomic E-state index is 13.0. The molecular formula is C18H15FN2O4S. The van der Waals surface area contributed by atoms with E-state index < -0.39 is 18.5 Å². The number of aromatic nitrogens is 1. The molecule has 0 atom stereocenters. The summed E-state index contributed by atoms with van der Waals surface area (Å²) < 4.78 is 23.2. The van der Waals surface area contributed by atoms with Gasteiger partial charge >= 0.3 is 5.97 Å². The maximum absolute atomic E-state index is 13.0. The smallest absolute Gasteiger partial charge is 0.342 e. The lowest BCUT2D eigenvalue weighted by atomic mass is 10.2. The molecule has 1 amide bonds. The van der Waals surface area contributed by atoms with E-state index >= 15 is 0 Å². The molecule has 0 radical (unpaired) electrons. The minimum absolute atomic E-state index is 0.295. The van der Waals surface area contributed by atoms with Crippen LogP contribution in [-0.4, -0.2) is 23.5 Å². The number of nitrogens with zero attached hydrogens (tertiary/aromatic N) is 1. The lowest BCUT2D eigenvalue weighted by Crippen LogP contribution is -2.20. The van der Waals surface area contributed by atoms with Gasteiger partial charge < -0.3 is 9.15 Å². The Morgan fingerprint density at radius 2 is 2.00 bits per heavy atom. The molecule has 2 aromatic heterocycles. The molecule has 6 nitrogen and oxygen atoms in total. The second-order valence-corrected chi connectivity index (χ2v) is 6.35. The maximum Gasteiger partial charge on any atom is 0.342 e. The summed E-state index contributed by atoms with van der Waals surface area (Å²) in [6.07, 6.45) is 0. The summed E-state index contributed by atoms with van der Waals surface area (Å²) in [5, 5.41) is 4.67. The van der Waals surface area contributed by atoms with Gasteiger partial charge in [0.05, 0.1) is 5.69 Å². The first-order valence-corrected chi connectivity index (χ1v) is 8.56. The van der Waals surface area contributed by atoms with E-state index in [9.17, 15) is 14.0 Å². The minimum atomic E-state index is -0.624. The van der Waals surface area contributed by atoms with Crippen molar-refractivity contribution >= 4 is 28.3 Å². The van der Waals surface area contributed by atoms with Gasteiger partial charge in [-0.25, -0.2) is 14.2 Å². The van der Waals surface area contributed by atoms with Gasteiger partial charge in [0.15, 0.2) is 11.7 Å². The van der Waals surface area contributed by atoms with Crippen LogP contribution < -0.4 is 5.32 Å². The van der Waals surface area contributed by atoms with Crippen molar-refractivity contribution in [1.29, 1.82) is 0 Å². The van der Waals surface area contributed by atoms with Gasteiger partial charge in [0.1, 0.15) is 22.9 Å². The van der Waals surface area contributed by atoms with Gasteiger partial charge in [-0.3, -0.25) is 10.1 Å². The molecule has 1 N–H and O–H groups in total. The number of hydrogen-bond donors (Lipinski definition) is 1. The highest BCUT2D eigenvalue weighted by Gasteiger charge is 2.17. The predicted octanol–water partition coefficient (Wildman–Crippen LogP) is 3.95. The number of esters is 1. The minimum Gasteiger partial charge on any atom is -0.466 e. The number of benzene rings is 1. The average molecular weight is 374 g/mol. The second-order valence-electron chi connectivity index (χ2n) is 5.50. The molecule has 26 heavy (non-hydrogen) atoms. The number of rotatable bonds is 5. The average Bonchev–Trinajstić information content (AvgIpc) is 3.19. The zero-order valence-electron chi connectivity index (χ0n) is 14.0. The standard InChI is InChI=1S/C18H15FN2O4S/c1-10-7-14(11(2)25-10)17(23)24-8-16(22)21-18-20-15(9-26-18)12-3-5-13(19)6-4-12/h3-7,9H,8H2,1-2H3,(H,20,21,22). The lowest BCUT2D eigenvalue weighted by molar-refractivity contribution is -0.119. The van der Waals surface area contributed by atoms with Crippen LogP contribution in [0, 0.1) is 19.7 Å². The van der Waals surface area contributed by atoms with E-state index in [4.69, 9.17) is 9.15 Å². The Bertz CT molecular complexity index is 947. The summed E-state index contributed by atoms with van der Waals surface area (Å²) in [5.74, 6) is -0.425. The fourth-order valence-corrected chi connectivity index (χ4v) is 3.02. The summed E-state index contributed by atoms with van der Waals surface area (Å²) in [4.78, 5) is 28.1. The summed E-state index contributed by atoms with van der Waals surface area (Å²) in [5.41, 5.74) is 1.65. The van der Waals surface area contributed by atoms with Crippen molar-refractivity contribution in [2.75, 3.05) is 11.9 Å². The fraction of sp³-hybridized carbons (Fsp3) is 0.167. The largest absolute Gasteiger partial charge is 0.466 e. The van der Waals surface area contributed by atoms with Gasteiger partial charge in [-0.05, 0) is 44.2 Å². The van der Waals surface area contributed by atoms with Crippen LogP contribution in [0.5, 0.6) is 0 Å². The van der Waals surface area contributed by atoms with Crippen molar-refractivity contribution in [2.24, 2.45) is 0 Å². The van der Waals surface area contributed by atoms with E-state index in [1.807, 2.05) is 0 Å². The van der Waals surface area contributed by atoms with E-state index in [0.717, 1.165) is 5.56 Å². The molecule has 0 saturated carbocycles. The number of aryl methyl sites for hydroxylation is 2. The number of amides is 1. The fourth-order valence-electron chi connectivity index (χ4n) is 2.28. The normalized spacial score (nSPS) is 10.6. The molecule has 0 aliphatic carbocycles. The molecule has 0 aliphatic rings. The SMILES string of the molecule is Cc1cc(C(=O)OCC(=O)Nc2nc(-c3ccc(F)cc3)cs2)c(C)o1. The zero-order chi connectivity index (χ0) is 18.7. The predicted molar refractivity (Wildman–Crippen MR) is 94.6 cm³/mol. The second kappa shape index (κ2) is 7.49. The van der Waals surface area contributed by atoms with E-state index in [-0.39, 0.29) is 5.82 Å². The van der Waals surface area contributed by atoms with Crippen LogP contribution in [0.4, 0.5) is 9.52 Å². The van der Waals surface area contributed by atoms with E-state index in [1.54, 1.807) is 37.4 Å². The van der Waals surface area contributed by atoms with E-state index in [2.05, 4.69) is 10.3 Å². The summed E-state index contributed by atoms with van der Waals surface area (Å²) in [6, 6.07) is 7.45. The van der Waals surface area contributed by atoms with Crippen LogP contribution in [-0.2, 0) is 9.53 Å². The van der Waals surface area contributed by atoms with Crippen molar-refractivity contribution in [3.05, 3.63) is 58.6 Å². The number of nitrogens with one attached hydrogen (secondary N) is 1. The van der Waals surface area contributed by atoms with E-state index in [0.29, 0.717) is 27.9 Å². The van der Waals surface area contributed by atoms with Crippen molar-refractivity contribution in [2.45, 2.75) is 13.8 Å². The first kappa shape index (κ1) is 17.8. The third-order valence-electron chi connectivity index (χ3n) is 3.49. The number of hydrogen-bond acceptors (Lipinski definition) is 6. The van der Waals surface area contributed by atoms with Gasteiger partial charge in [-0.15, -0.1) is 11.3 Å². The molecule has 3 aromatic rings. The Labute approximate surface area is 152 Å². The van der Waals surface area contributed by atoms with Crippen molar-refractivity contribution in [3.63, 3.8) is 0 Å². The number of ether oxygens (including phenoxy) is 1. The highest BCUT2D eigenvalue weighted by Crippen LogP contribution is 2.25. The summed E-state index contributed by atoms with van der Waals surface area (Å²) in [6.45, 7) is 2.93. The molecule has 0 saturated heterocycles. The number of thiazole rings is 1. The van der Waals surface area contributed by atoms with Crippen LogP contribution in [0.25, 0.3) is 11.3 Å². The van der Waals surface area contributed by atoms with Gasteiger partial charge in [0.25, 0.3) is 5.91 Å². The summed E-state index contributed by atoms with van der Waals surface area (Å²) in [7, 11) is 0. The molecule has 2 heterocycles. The van der Waals surface area contributed by atoms with Crippen molar-refractivity contribution < 1.29 is 23.1 Å². The third kappa shape index (κ3) is 4.15. The van der Waals surface area contributed by atoms with Crippen molar-refractivity contribution in [1.82, 2.24) is 4.98 Å². The molecule has 3 rings (SSSR count). The highest BCUT2D eigenvalue weighted by atomic mass is 32.1. The quantitative estimate of drug-likeness (QED) is 0.684. The van der Waals surface area contributed by atoms with Crippen LogP contribution >= 0.6 is 11.3 Å². The van der Waals surface area contributed by atoms with Crippen LogP contribution in [0.3, 0.4) is 0 Å². The molecule has 0 aliphatic heterocycles. The van der Waals surface area contributed by atoms with Crippen LogP contribution in [0.1, 0.15) is 21.9 Å². The molecule has 0 spiro atoms. The number of halogens is 1. The molecule has 0 bridgehead atoms. The lowest BCUT2D eigenvalue weighted by Gasteiger charge is -2.03. The van der Waals surface area contributed by atoms with Gasteiger partial charge in [0, 0.05) is 10.9 Å². The molecule has 8 heteroatoms. The van der Waals surface area contributed by atoms with Crippen molar-refractivity contribution in [3.8, 4) is 11.3 Å². The Morgan fingerprint density at radius 1 is 1.27 bits per heavy atom. The summed E-state index contributed by atoms with van der Waals surface area (Å²) >= 11 is 1.22. The number of carbonyl (C=O) groups is 2. The third-order valence-corrected chi connectivity index (χ3v) is 4.24. The Morgan fingerprint density at radius 3 is 2.65 bits per heavy atom. The van der Waals surface area contributed by atoms with Gasteiger partial charge in [0.2, 0.25) is 0 Å². The molecule has 134 valence electrons. The Hall–Kier alpha value is -3.00. The van der Waals surface area contributed by atoms with E-state index in [1.165, 1.54) is 23.5 Å². The first-order chi connectivity index (χ1) is 12.4. The molecule has 0 fully saturated rings. The number of anilines is 1. The Kier molecular flexibility index (Phi) is 5.13. The molecule has 1 aromatic carbocycles. The number of carbonyl (C=O) groups excluding carboxylic acids is 2.